The molecule has 2 rings (SSSR count). The minimum Gasteiger partial charge on any atom is -0.313 e. The molecule has 1 nitrogen and oxygen atoms in total. The quantitative estimate of drug-likeness (QED) is 0.558. The second-order valence-corrected chi connectivity index (χ2v) is 3.36. The lowest BCUT2D eigenvalue weighted by atomic mass is 10.1. The monoisotopic (exact) mass is 125 g/mol. The topological polar surface area (TPSA) is 12.0 Å². The van der Waals surface area contributed by atoms with Crippen LogP contribution in [0.3, 0.4) is 0 Å². The Morgan fingerprint density at radius 2 is 2.44 bits per heavy atom. The van der Waals surface area contributed by atoms with Crippen LogP contribution in [0.1, 0.15) is 26.2 Å². The van der Waals surface area contributed by atoms with Gasteiger partial charge in [-0.2, -0.15) is 0 Å². The Morgan fingerprint density at radius 1 is 1.56 bits per heavy atom. The van der Waals surface area contributed by atoms with Crippen molar-refractivity contribution in [3.63, 3.8) is 0 Å². The SMILES string of the molecule is CCC1C2CCCNC12. The van der Waals surface area contributed by atoms with E-state index in [0.29, 0.717) is 0 Å². The third-order valence-corrected chi connectivity index (χ3v) is 2.90. The number of rotatable bonds is 1. The van der Waals surface area contributed by atoms with Crippen LogP contribution in [0.2, 0.25) is 0 Å². The molecule has 9 heavy (non-hydrogen) atoms. The molecule has 0 radical (unpaired) electrons. The average molecular weight is 125 g/mol. The molecule has 0 bridgehead atoms. The van der Waals surface area contributed by atoms with Crippen LogP contribution in [0.15, 0.2) is 0 Å². The van der Waals surface area contributed by atoms with Crippen molar-refractivity contribution >= 4 is 0 Å². The first-order valence-electron chi connectivity index (χ1n) is 4.17. The molecule has 0 aromatic carbocycles. The molecule has 0 amide bonds. The van der Waals surface area contributed by atoms with E-state index in [-0.39, 0.29) is 0 Å². The molecule has 0 spiro atoms. The Morgan fingerprint density at radius 3 is 3.00 bits per heavy atom. The Bertz CT molecular complexity index is 92.4. The lowest BCUT2D eigenvalue weighted by molar-refractivity contribution is 0.504. The van der Waals surface area contributed by atoms with Gasteiger partial charge in [0.2, 0.25) is 0 Å². The minimum atomic E-state index is 0.934. The van der Waals surface area contributed by atoms with Gasteiger partial charge in [0, 0.05) is 6.04 Å². The summed E-state index contributed by atoms with van der Waals surface area (Å²) in [4.78, 5) is 0. The number of piperidine rings is 1. The van der Waals surface area contributed by atoms with E-state index in [4.69, 9.17) is 0 Å². The molecule has 1 aliphatic heterocycles. The maximum absolute atomic E-state index is 3.56. The zero-order valence-electron chi connectivity index (χ0n) is 6.06. The van der Waals surface area contributed by atoms with E-state index in [1.165, 1.54) is 25.8 Å². The van der Waals surface area contributed by atoms with Crippen LogP contribution in [-0.4, -0.2) is 12.6 Å². The molecule has 0 aromatic heterocycles. The van der Waals surface area contributed by atoms with Crippen molar-refractivity contribution in [3.8, 4) is 0 Å². The van der Waals surface area contributed by atoms with Gasteiger partial charge in [-0.3, -0.25) is 0 Å². The Labute approximate surface area is 56.8 Å². The Hall–Kier alpha value is -0.0400. The first-order valence-corrected chi connectivity index (χ1v) is 4.17. The molecule has 1 saturated heterocycles. The van der Waals surface area contributed by atoms with E-state index in [9.17, 15) is 0 Å². The zero-order chi connectivity index (χ0) is 6.27. The number of nitrogens with one attached hydrogen (secondary N) is 1. The summed E-state index contributed by atoms with van der Waals surface area (Å²) in [5.74, 6) is 2.12. The van der Waals surface area contributed by atoms with Gasteiger partial charge >= 0.3 is 0 Å². The van der Waals surface area contributed by atoms with Crippen molar-refractivity contribution in [1.29, 1.82) is 0 Å². The van der Waals surface area contributed by atoms with Gasteiger partial charge in [-0.05, 0) is 31.2 Å². The van der Waals surface area contributed by atoms with Crippen molar-refractivity contribution in [2.75, 3.05) is 6.54 Å². The molecular formula is C8H15N. The first-order chi connectivity index (χ1) is 4.43. The smallest absolute Gasteiger partial charge is 0.0130 e. The lowest BCUT2D eigenvalue weighted by Gasteiger charge is -2.08. The van der Waals surface area contributed by atoms with Crippen LogP contribution in [0, 0.1) is 11.8 Å². The summed E-state index contributed by atoms with van der Waals surface area (Å²) in [7, 11) is 0. The summed E-state index contributed by atoms with van der Waals surface area (Å²) in [5.41, 5.74) is 0. The Balaban J connectivity index is 1.91. The third-order valence-electron chi connectivity index (χ3n) is 2.90. The highest BCUT2D eigenvalue weighted by Crippen LogP contribution is 2.46. The van der Waals surface area contributed by atoms with Gasteiger partial charge in [0.25, 0.3) is 0 Å². The standard InChI is InChI=1S/C8H15N/c1-2-6-7-4-3-5-9-8(6)7/h6-9H,2-5H2,1H3. The summed E-state index contributed by atoms with van der Waals surface area (Å²) < 4.78 is 0. The van der Waals surface area contributed by atoms with Gasteiger partial charge in [0.15, 0.2) is 0 Å². The fourth-order valence-electron chi connectivity index (χ4n) is 2.30. The summed E-state index contributed by atoms with van der Waals surface area (Å²) in [6, 6.07) is 0.934. The van der Waals surface area contributed by atoms with Crippen molar-refractivity contribution in [1.82, 2.24) is 5.32 Å². The highest BCUT2D eigenvalue weighted by Gasteiger charge is 2.48. The molecule has 1 heterocycles. The molecule has 1 N–H and O–H groups in total. The van der Waals surface area contributed by atoms with E-state index < -0.39 is 0 Å². The summed E-state index contributed by atoms with van der Waals surface area (Å²) >= 11 is 0. The molecule has 1 saturated carbocycles. The molecule has 3 unspecified atom stereocenters. The largest absolute Gasteiger partial charge is 0.313 e. The van der Waals surface area contributed by atoms with Gasteiger partial charge in [-0.25, -0.2) is 0 Å². The van der Waals surface area contributed by atoms with Crippen LogP contribution in [-0.2, 0) is 0 Å². The van der Waals surface area contributed by atoms with Gasteiger partial charge < -0.3 is 5.32 Å². The molecule has 52 valence electrons. The third kappa shape index (κ3) is 0.787. The van der Waals surface area contributed by atoms with Crippen LogP contribution in [0.4, 0.5) is 0 Å². The van der Waals surface area contributed by atoms with Crippen LogP contribution >= 0.6 is 0 Å². The van der Waals surface area contributed by atoms with Gasteiger partial charge in [0.05, 0.1) is 0 Å². The molecule has 1 heteroatoms. The normalized spacial score (nSPS) is 48.3. The minimum absolute atomic E-state index is 0.934. The average Bonchev–Trinajstić information content (AvgIpc) is 2.60. The second kappa shape index (κ2) is 1.98. The molecule has 2 fully saturated rings. The summed E-state index contributed by atoms with van der Waals surface area (Å²) in [5, 5.41) is 3.56. The van der Waals surface area contributed by atoms with Crippen molar-refractivity contribution in [3.05, 3.63) is 0 Å². The Kier molecular flexibility index (Phi) is 1.26. The molecule has 0 aromatic rings. The highest BCUT2D eigenvalue weighted by molar-refractivity contribution is 5.04. The van der Waals surface area contributed by atoms with E-state index in [1.807, 2.05) is 0 Å². The fraction of sp³-hybridized carbons (Fsp3) is 1.00. The molecule has 3 atom stereocenters. The molecular weight excluding hydrogens is 110 g/mol. The zero-order valence-corrected chi connectivity index (χ0v) is 6.06. The first kappa shape index (κ1) is 5.72. The summed E-state index contributed by atoms with van der Waals surface area (Å²) in [6.45, 7) is 3.59. The lowest BCUT2D eigenvalue weighted by Crippen LogP contribution is -2.24. The highest BCUT2D eigenvalue weighted by atomic mass is 15.0. The predicted octanol–water partition coefficient (Wildman–Crippen LogP) is 1.39. The van der Waals surface area contributed by atoms with Gasteiger partial charge in [0.1, 0.15) is 0 Å². The number of hydrogen-bond donors (Lipinski definition) is 1. The van der Waals surface area contributed by atoms with Crippen LogP contribution < -0.4 is 5.32 Å². The maximum atomic E-state index is 3.56. The van der Waals surface area contributed by atoms with Crippen molar-refractivity contribution < 1.29 is 0 Å². The molecule has 1 aliphatic carbocycles. The fourth-order valence-corrected chi connectivity index (χ4v) is 2.30. The second-order valence-electron chi connectivity index (χ2n) is 3.36. The summed E-state index contributed by atoms with van der Waals surface area (Å²) in [6.07, 6.45) is 4.30. The maximum Gasteiger partial charge on any atom is 0.0130 e. The van der Waals surface area contributed by atoms with E-state index >= 15 is 0 Å². The van der Waals surface area contributed by atoms with Gasteiger partial charge in [-0.15, -0.1) is 0 Å². The predicted molar refractivity (Wildman–Crippen MR) is 38.3 cm³/mol. The van der Waals surface area contributed by atoms with E-state index in [2.05, 4.69) is 12.2 Å². The van der Waals surface area contributed by atoms with Gasteiger partial charge in [-0.1, -0.05) is 13.3 Å². The van der Waals surface area contributed by atoms with E-state index in [1.54, 1.807) is 0 Å². The van der Waals surface area contributed by atoms with Crippen LogP contribution in [0.25, 0.3) is 0 Å². The number of fused-ring (bicyclic) bond motifs is 1. The molecule has 2 aliphatic rings. The van der Waals surface area contributed by atoms with E-state index in [0.717, 1.165) is 17.9 Å². The van der Waals surface area contributed by atoms with Crippen LogP contribution in [0.5, 0.6) is 0 Å². The number of hydrogen-bond acceptors (Lipinski definition) is 1. The van der Waals surface area contributed by atoms with Crippen molar-refractivity contribution in [2.45, 2.75) is 32.2 Å². The van der Waals surface area contributed by atoms with Crippen molar-refractivity contribution in [2.24, 2.45) is 11.8 Å².